The van der Waals surface area contributed by atoms with Gasteiger partial charge in [0.2, 0.25) is 10.0 Å². The van der Waals surface area contributed by atoms with Crippen LogP contribution in [-0.2, 0) is 10.0 Å². The quantitative estimate of drug-likeness (QED) is 0.819. The molecular formula is C12H17NO2S. The van der Waals surface area contributed by atoms with E-state index in [1.807, 2.05) is 19.9 Å². The SMILES string of the molecule is C/C=C/[C@@H](C)NS(=O)(=O)c1ccc(C)cc1. The van der Waals surface area contributed by atoms with Crippen LogP contribution >= 0.6 is 0 Å². The molecule has 0 unspecified atom stereocenters. The molecule has 16 heavy (non-hydrogen) atoms. The maximum absolute atomic E-state index is 11.9. The van der Waals surface area contributed by atoms with Crippen molar-refractivity contribution in [3.05, 3.63) is 42.0 Å². The first kappa shape index (κ1) is 12.9. The van der Waals surface area contributed by atoms with Crippen LogP contribution in [0.1, 0.15) is 19.4 Å². The average Bonchev–Trinajstić information content (AvgIpc) is 2.17. The number of allylic oxidation sites excluding steroid dienone is 1. The molecule has 88 valence electrons. The molecule has 0 aliphatic rings. The predicted octanol–water partition coefficient (Wildman–Crippen LogP) is 2.24. The summed E-state index contributed by atoms with van der Waals surface area (Å²) in [4.78, 5) is 0.300. The molecule has 0 radical (unpaired) electrons. The van der Waals surface area contributed by atoms with Gasteiger partial charge in [-0.15, -0.1) is 0 Å². The second-order valence-electron chi connectivity index (χ2n) is 3.75. The van der Waals surface area contributed by atoms with E-state index in [2.05, 4.69) is 4.72 Å². The Kier molecular flexibility index (Phi) is 4.26. The number of benzene rings is 1. The average molecular weight is 239 g/mol. The van der Waals surface area contributed by atoms with Crippen molar-refractivity contribution in [3.8, 4) is 0 Å². The highest BCUT2D eigenvalue weighted by molar-refractivity contribution is 7.89. The van der Waals surface area contributed by atoms with E-state index in [0.717, 1.165) is 5.56 Å². The number of nitrogens with one attached hydrogen (secondary N) is 1. The van der Waals surface area contributed by atoms with Crippen LogP contribution in [0.5, 0.6) is 0 Å². The minimum absolute atomic E-state index is 0.198. The van der Waals surface area contributed by atoms with Gasteiger partial charge in [-0.25, -0.2) is 13.1 Å². The first-order valence-electron chi connectivity index (χ1n) is 5.17. The summed E-state index contributed by atoms with van der Waals surface area (Å²) in [5.74, 6) is 0. The fourth-order valence-electron chi connectivity index (χ4n) is 1.36. The van der Waals surface area contributed by atoms with Crippen molar-refractivity contribution in [2.75, 3.05) is 0 Å². The van der Waals surface area contributed by atoms with Gasteiger partial charge in [-0.3, -0.25) is 0 Å². The van der Waals surface area contributed by atoms with Crippen LogP contribution in [0.4, 0.5) is 0 Å². The fourth-order valence-corrected chi connectivity index (χ4v) is 2.56. The second kappa shape index (κ2) is 5.27. The number of aryl methyl sites for hydroxylation is 1. The van der Waals surface area contributed by atoms with Crippen molar-refractivity contribution >= 4 is 10.0 Å². The Morgan fingerprint density at radius 2 is 1.81 bits per heavy atom. The summed E-state index contributed by atoms with van der Waals surface area (Å²) in [7, 11) is -3.40. The van der Waals surface area contributed by atoms with Gasteiger partial charge in [-0.1, -0.05) is 29.8 Å². The highest BCUT2D eigenvalue weighted by Gasteiger charge is 2.15. The Morgan fingerprint density at radius 3 is 2.31 bits per heavy atom. The van der Waals surface area contributed by atoms with Gasteiger partial charge in [0.25, 0.3) is 0 Å². The van der Waals surface area contributed by atoms with Crippen molar-refractivity contribution in [2.45, 2.75) is 31.7 Å². The van der Waals surface area contributed by atoms with Crippen molar-refractivity contribution in [1.82, 2.24) is 4.72 Å². The summed E-state index contributed by atoms with van der Waals surface area (Å²) < 4.78 is 26.3. The third-order valence-electron chi connectivity index (χ3n) is 2.15. The zero-order chi connectivity index (χ0) is 12.2. The molecule has 1 aromatic carbocycles. The normalized spacial score (nSPS) is 14.2. The third-order valence-corrected chi connectivity index (χ3v) is 3.73. The molecule has 4 heteroatoms. The summed E-state index contributed by atoms with van der Waals surface area (Å²) in [6.45, 7) is 5.58. The molecule has 0 bridgehead atoms. The van der Waals surface area contributed by atoms with E-state index >= 15 is 0 Å². The Hall–Kier alpha value is -1.13. The maximum Gasteiger partial charge on any atom is 0.241 e. The van der Waals surface area contributed by atoms with E-state index in [4.69, 9.17) is 0 Å². The summed E-state index contributed by atoms with van der Waals surface area (Å²) in [6, 6.07) is 6.60. The van der Waals surface area contributed by atoms with Crippen LogP contribution < -0.4 is 4.72 Å². The number of hydrogen-bond acceptors (Lipinski definition) is 2. The Balaban J connectivity index is 2.90. The molecule has 0 heterocycles. The van der Waals surface area contributed by atoms with Gasteiger partial charge in [0.05, 0.1) is 4.90 Å². The maximum atomic E-state index is 11.9. The first-order chi connectivity index (χ1) is 7.45. The molecular weight excluding hydrogens is 222 g/mol. The van der Waals surface area contributed by atoms with Crippen molar-refractivity contribution in [1.29, 1.82) is 0 Å². The zero-order valence-electron chi connectivity index (χ0n) is 9.77. The van der Waals surface area contributed by atoms with Gasteiger partial charge in [0.1, 0.15) is 0 Å². The van der Waals surface area contributed by atoms with E-state index in [9.17, 15) is 8.42 Å². The highest BCUT2D eigenvalue weighted by atomic mass is 32.2. The molecule has 0 fully saturated rings. The monoisotopic (exact) mass is 239 g/mol. The number of sulfonamides is 1. The summed E-state index contributed by atoms with van der Waals surface area (Å²) in [6.07, 6.45) is 3.62. The van der Waals surface area contributed by atoms with Gasteiger partial charge in [0.15, 0.2) is 0 Å². The Labute approximate surface area is 97.2 Å². The van der Waals surface area contributed by atoms with Crippen LogP contribution in [0.2, 0.25) is 0 Å². The summed E-state index contributed by atoms with van der Waals surface area (Å²) in [5, 5.41) is 0. The molecule has 1 N–H and O–H groups in total. The van der Waals surface area contributed by atoms with Crippen molar-refractivity contribution in [3.63, 3.8) is 0 Å². The highest BCUT2D eigenvalue weighted by Crippen LogP contribution is 2.10. The van der Waals surface area contributed by atoms with Gasteiger partial charge >= 0.3 is 0 Å². The molecule has 1 atom stereocenters. The van der Waals surface area contributed by atoms with Gasteiger partial charge in [-0.05, 0) is 32.9 Å². The van der Waals surface area contributed by atoms with Crippen LogP contribution in [0.15, 0.2) is 41.3 Å². The van der Waals surface area contributed by atoms with Crippen molar-refractivity contribution < 1.29 is 8.42 Å². The Morgan fingerprint density at radius 1 is 1.25 bits per heavy atom. The fraction of sp³-hybridized carbons (Fsp3) is 0.333. The zero-order valence-corrected chi connectivity index (χ0v) is 10.6. The van der Waals surface area contributed by atoms with Crippen molar-refractivity contribution in [2.24, 2.45) is 0 Å². The van der Waals surface area contributed by atoms with E-state index in [1.165, 1.54) is 0 Å². The molecule has 1 rings (SSSR count). The molecule has 0 saturated carbocycles. The first-order valence-corrected chi connectivity index (χ1v) is 6.66. The molecule has 0 aliphatic carbocycles. The largest absolute Gasteiger partial charge is 0.241 e. The molecule has 0 aliphatic heterocycles. The lowest BCUT2D eigenvalue weighted by molar-refractivity contribution is 0.576. The van der Waals surface area contributed by atoms with Crippen LogP contribution in [0.3, 0.4) is 0 Å². The van der Waals surface area contributed by atoms with E-state index in [0.29, 0.717) is 4.90 Å². The summed E-state index contributed by atoms with van der Waals surface area (Å²) >= 11 is 0. The predicted molar refractivity (Wildman–Crippen MR) is 65.8 cm³/mol. The lowest BCUT2D eigenvalue weighted by Crippen LogP contribution is -2.31. The lowest BCUT2D eigenvalue weighted by atomic mass is 10.2. The minimum Gasteiger partial charge on any atom is -0.207 e. The van der Waals surface area contributed by atoms with E-state index in [-0.39, 0.29) is 6.04 Å². The Bertz CT molecular complexity index is 460. The minimum atomic E-state index is -3.40. The smallest absolute Gasteiger partial charge is 0.207 e. The summed E-state index contributed by atoms with van der Waals surface area (Å²) in [5.41, 5.74) is 1.04. The topological polar surface area (TPSA) is 46.2 Å². The standard InChI is InChI=1S/C12H17NO2S/c1-4-5-11(3)13-16(14,15)12-8-6-10(2)7-9-12/h4-9,11,13H,1-3H3/b5-4+/t11-/m1/s1. The van der Waals surface area contributed by atoms with E-state index < -0.39 is 10.0 Å². The van der Waals surface area contributed by atoms with Crippen LogP contribution in [0, 0.1) is 6.92 Å². The van der Waals surface area contributed by atoms with Crippen LogP contribution in [-0.4, -0.2) is 14.5 Å². The van der Waals surface area contributed by atoms with E-state index in [1.54, 1.807) is 37.3 Å². The molecule has 1 aromatic rings. The second-order valence-corrected chi connectivity index (χ2v) is 5.46. The number of hydrogen-bond donors (Lipinski definition) is 1. The molecule has 3 nitrogen and oxygen atoms in total. The molecule has 0 aromatic heterocycles. The van der Waals surface area contributed by atoms with Gasteiger partial charge in [-0.2, -0.15) is 0 Å². The van der Waals surface area contributed by atoms with Crippen LogP contribution in [0.25, 0.3) is 0 Å². The third kappa shape index (κ3) is 3.47. The number of rotatable bonds is 4. The molecule has 0 spiro atoms. The lowest BCUT2D eigenvalue weighted by Gasteiger charge is -2.10. The van der Waals surface area contributed by atoms with Gasteiger partial charge in [0, 0.05) is 6.04 Å². The molecule has 0 saturated heterocycles. The molecule has 0 amide bonds. The van der Waals surface area contributed by atoms with Gasteiger partial charge < -0.3 is 0 Å².